The number of hydrogen-bond acceptors (Lipinski definition) is 4. The van der Waals surface area contributed by atoms with Crippen molar-refractivity contribution in [3.05, 3.63) is 24.0 Å². The first kappa shape index (κ1) is 17.7. The molecule has 1 fully saturated rings. The predicted octanol–water partition coefficient (Wildman–Crippen LogP) is 3.88. The van der Waals surface area contributed by atoms with Gasteiger partial charge in [-0.1, -0.05) is 20.8 Å². The van der Waals surface area contributed by atoms with Crippen LogP contribution >= 0.6 is 0 Å². The zero-order valence-corrected chi connectivity index (χ0v) is 15.2. The predicted molar refractivity (Wildman–Crippen MR) is 88.8 cm³/mol. The minimum atomic E-state index is -1.95. The lowest BCUT2D eigenvalue weighted by molar-refractivity contribution is 0.174. The Morgan fingerprint density at radius 1 is 1.43 bits per heavy atom. The molecule has 0 radical (unpaired) electrons. The molecule has 1 aromatic rings. The van der Waals surface area contributed by atoms with Gasteiger partial charge in [0.15, 0.2) is 19.9 Å². The van der Waals surface area contributed by atoms with Crippen LogP contribution in [0.25, 0.3) is 0 Å². The quantitative estimate of drug-likeness (QED) is 0.845. The molecule has 1 amide bonds. The molecule has 1 aliphatic rings. The second-order valence-corrected chi connectivity index (χ2v) is 12.1. The number of ether oxygens (including phenoxy) is 1. The van der Waals surface area contributed by atoms with Crippen molar-refractivity contribution in [1.82, 2.24) is 0 Å². The molecule has 2 rings (SSSR count). The summed E-state index contributed by atoms with van der Waals surface area (Å²) in [5.41, 5.74) is 0.353. The van der Waals surface area contributed by atoms with Gasteiger partial charge in [0, 0.05) is 6.07 Å². The molecule has 1 N–H and O–H groups in total. The van der Waals surface area contributed by atoms with Gasteiger partial charge in [-0.25, -0.2) is 9.18 Å². The Morgan fingerprint density at radius 2 is 2.09 bits per heavy atom. The van der Waals surface area contributed by atoms with Gasteiger partial charge in [0.25, 0.3) is 0 Å². The minimum absolute atomic E-state index is 0.0615. The second-order valence-electron chi connectivity index (χ2n) is 7.31. The second kappa shape index (κ2) is 6.12. The van der Waals surface area contributed by atoms with E-state index in [0.717, 1.165) is 6.07 Å². The van der Waals surface area contributed by atoms with Gasteiger partial charge in [0.05, 0.1) is 18.3 Å². The van der Waals surface area contributed by atoms with Crippen LogP contribution < -0.4 is 4.90 Å². The van der Waals surface area contributed by atoms with Gasteiger partial charge < -0.3 is 14.3 Å². The largest absolute Gasteiger partial charge is 0.505 e. The number of amides is 1. The first-order valence-electron chi connectivity index (χ1n) is 7.61. The normalized spacial score (nSPS) is 19.1. The molecule has 0 aromatic heterocycles. The highest BCUT2D eigenvalue weighted by molar-refractivity contribution is 6.74. The Labute approximate surface area is 137 Å². The number of phenols is 1. The van der Waals surface area contributed by atoms with E-state index in [1.54, 1.807) is 0 Å². The van der Waals surface area contributed by atoms with E-state index in [4.69, 9.17) is 9.16 Å². The maximum atomic E-state index is 13.6. The van der Waals surface area contributed by atoms with E-state index < -0.39 is 26.0 Å². The lowest BCUT2D eigenvalue weighted by Crippen LogP contribution is -2.46. The Hall–Kier alpha value is -1.60. The summed E-state index contributed by atoms with van der Waals surface area (Å²) in [7, 11) is -1.95. The van der Waals surface area contributed by atoms with Crippen molar-refractivity contribution >= 4 is 20.1 Å². The third-order valence-electron chi connectivity index (χ3n) is 4.61. The highest BCUT2D eigenvalue weighted by Gasteiger charge is 2.40. The highest BCUT2D eigenvalue weighted by atomic mass is 28.4. The summed E-state index contributed by atoms with van der Waals surface area (Å²) in [4.78, 5) is 13.4. The summed E-state index contributed by atoms with van der Waals surface area (Å²) in [5.74, 6) is -1.22. The molecule has 1 heterocycles. The molecule has 0 unspecified atom stereocenters. The van der Waals surface area contributed by atoms with E-state index in [-0.39, 0.29) is 17.7 Å². The summed E-state index contributed by atoms with van der Waals surface area (Å²) in [6.45, 7) is 11.2. The molecule has 23 heavy (non-hydrogen) atoms. The average Bonchev–Trinajstić information content (AvgIpc) is 2.80. The molecule has 128 valence electrons. The van der Waals surface area contributed by atoms with E-state index in [9.17, 15) is 14.3 Å². The number of rotatable bonds is 4. The first-order valence-corrected chi connectivity index (χ1v) is 10.5. The topological polar surface area (TPSA) is 59.0 Å². The maximum absolute atomic E-state index is 13.6. The molecular weight excluding hydrogens is 317 g/mol. The fourth-order valence-electron chi connectivity index (χ4n) is 2.07. The van der Waals surface area contributed by atoms with Crippen molar-refractivity contribution in [3.8, 4) is 5.75 Å². The van der Waals surface area contributed by atoms with Gasteiger partial charge in [-0.3, -0.25) is 4.90 Å². The van der Waals surface area contributed by atoms with Crippen LogP contribution in [0.4, 0.5) is 14.9 Å². The number of aromatic hydroxyl groups is 1. The number of carbonyl (C=O) groups is 1. The smallest absolute Gasteiger partial charge is 0.414 e. The van der Waals surface area contributed by atoms with Crippen LogP contribution in [-0.4, -0.2) is 38.8 Å². The van der Waals surface area contributed by atoms with Crippen LogP contribution in [0.15, 0.2) is 18.2 Å². The van der Waals surface area contributed by atoms with Crippen LogP contribution in [0, 0.1) is 5.82 Å². The average molecular weight is 341 g/mol. The molecule has 7 heteroatoms. The lowest BCUT2D eigenvalue weighted by atomic mass is 10.2. The zero-order chi connectivity index (χ0) is 17.4. The Morgan fingerprint density at radius 3 is 2.65 bits per heavy atom. The van der Waals surface area contributed by atoms with Gasteiger partial charge in [-0.2, -0.15) is 0 Å². The molecule has 0 spiro atoms. The van der Waals surface area contributed by atoms with E-state index in [1.807, 2.05) is 0 Å². The van der Waals surface area contributed by atoms with Gasteiger partial charge in [0.1, 0.15) is 6.61 Å². The van der Waals surface area contributed by atoms with E-state index in [0.29, 0.717) is 12.3 Å². The summed E-state index contributed by atoms with van der Waals surface area (Å²) >= 11 is 0. The monoisotopic (exact) mass is 341 g/mol. The van der Waals surface area contributed by atoms with Gasteiger partial charge in [0.2, 0.25) is 0 Å². The molecule has 5 nitrogen and oxygen atoms in total. The first-order chi connectivity index (χ1) is 10.5. The number of halogens is 1. The summed E-state index contributed by atoms with van der Waals surface area (Å²) in [6, 6.07) is 3.54. The van der Waals surface area contributed by atoms with E-state index in [1.165, 1.54) is 17.0 Å². The molecule has 1 saturated heterocycles. The Balaban J connectivity index is 2.15. The number of cyclic esters (lactones) is 1. The van der Waals surface area contributed by atoms with Crippen LogP contribution in [0.3, 0.4) is 0 Å². The van der Waals surface area contributed by atoms with Crippen LogP contribution in [0.5, 0.6) is 5.75 Å². The van der Waals surface area contributed by atoms with Gasteiger partial charge >= 0.3 is 6.09 Å². The SMILES string of the molecule is CC(C)(C)[Si](C)(C)OC[C@@H]1COC(=O)N1c1ccc(O)c(F)c1. The number of phenolic OH excluding ortho intramolecular Hbond substituents is 1. The maximum Gasteiger partial charge on any atom is 0.414 e. The zero-order valence-electron chi connectivity index (χ0n) is 14.2. The molecule has 0 bridgehead atoms. The molecule has 0 saturated carbocycles. The fourth-order valence-corrected chi connectivity index (χ4v) is 3.11. The van der Waals surface area contributed by atoms with Crippen molar-refractivity contribution in [2.24, 2.45) is 0 Å². The molecule has 1 atom stereocenters. The number of nitrogens with zero attached hydrogens (tertiary/aromatic N) is 1. The number of carbonyl (C=O) groups excluding carboxylic acids is 1. The third kappa shape index (κ3) is 3.67. The van der Waals surface area contributed by atoms with Crippen molar-refractivity contribution in [1.29, 1.82) is 0 Å². The van der Waals surface area contributed by atoms with Crippen LogP contribution in [0.2, 0.25) is 18.1 Å². The Bertz CT molecular complexity index is 600. The lowest BCUT2D eigenvalue weighted by Gasteiger charge is -2.37. The van der Waals surface area contributed by atoms with E-state index >= 15 is 0 Å². The number of benzene rings is 1. The third-order valence-corrected chi connectivity index (χ3v) is 9.11. The summed E-state index contributed by atoms with van der Waals surface area (Å²) in [6.07, 6.45) is -0.529. The molecule has 0 aliphatic carbocycles. The van der Waals surface area contributed by atoms with E-state index in [2.05, 4.69) is 33.9 Å². The fraction of sp³-hybridized carbons (Fsp3) is 0.562. The van der Waals surface area contributed by atoms with Crippen LogP contribution in [-0.2, 0) is 9.16 Å². The van der Waals surface area contributed by atoms with Crippen molar-refractivity contribution in [3.63, 3.8) is 0 Å². The molecule has 1 aliphatic heterocycles. The molecule has 1 aromatic carbocycles. The highest BCUT2D eigenvalue weighted by Crippen LogP contribution is 2.37. The number of anilines is 1. The van der Waals surface area contributed by atoms with Crippen LogP contribution in [0.1, 0.15) is 20.8 Å². The van der Waals surface area contributed by atoms with Gasteiger partial charge in [-0.05, 0) is 30.3 Å². The van der Waals surface area contributed by atoms with Crippen molar-refractivity contribution < 1.29 is 23.5 Å². The van der Waals surface area contributed by atoms with Gasteiger partial charge in [-0.15, -0.1) is 0 Å². The van der Waals surface area contributed by atoms with Crippen molar-refractivity contribution in [2.75, 3.05) is 18.1 Å². The summed E-state index contributed by atoms with van der Waals surface area (Å²) in [5, 5.41) is 9.35. The number of hydrogen-bond donors (Lipinski definition) is 1. The van der Waals surface area contributed by atoms with Crippen molar-refractivity contribution in [2.45, 2.75) is 44.9 Å². The standard InChI is InChI=1S/C16H24FNO4Si/c1-16(2,3)23(4,5)22-10-12-9-21-15(20)18(12)11-6-7-14(19)13(17)8-11/h6-8,12,19H,9-10H2,1-5H3/t12-/m0/s1. The Kier molecular flexibility index (Phi) is 4.73. The minimum Gasteiger partial charge on any atom is -0.505 e. The summed E-state index contributed by atoms with van der Waals surface area (Å²) < 4.78 is 24.8. The molecular formula is C16H24FNO4Si.